The lowest BCUT2D eigenvalue weighted by atomic mass is 10.1. The number of ketones is 1. The van der Waals surface area contributed by atoms with E-state index < -0.39 is 23.7 Å². The van der Waals surface area contributed by atoms with Gasteiger partial charge >= 0.3 is 17.9 Å². The molecule has 0 aliphatic carbocycles. The molecule has 7 heteroatoms. The number of carbonyl (C=O) groups excluding carboxylic acids is 1. The van der Waals surface area contributed by atoms with Crippen LogP contribution in [-0.2, 0) is 0 Å². The lowest BCUT2D eigenvalue weighted by Crippen LogP contribution is -2.21. The molecule has 0 unspecified atom stereocenters. The number of benzene rings is 1. The largest absolute Gasteiger partial charge is 0.478 e. The van der Waals surface area contributed by atoms with Crippen molar-refractivity contribution in [3.63, 3.8) is 0 Å². The predicted octanol–water partition coefficient (Wildman–Crippen LogP) is 3.39. The van der Waals surface area contributed by atoms with Crippen molar-refractivity contribution in [2.45, 2.75) is 6.18 Å². The third-order valence-electron chi connectivity index (χ3n) is 2.48. The smallest absolute Gasteiger partial charge is 0.458 e. The molecule has 0 amide bonds. The van der Waals surface area contributed by atoms with E-state index in [1.54, 1.807) is 0 Å². The Labute approximate surface area is 110 Å². The van der Waals surface area contributed by atoms with Crippen LogP contribution in [0.15, 0.2) is 40.8 Å². The van der Waals surface area contributed by atoms with Crippen LogP contribution in [0.5, 0.6) is 0 Å². The van der Waals surface area contributed by atoms with Crippen molar-refractivity contribution < 1.29 is 32.3 Å². The van der Waals surface area contributed by atoms with Crippen molar-refractivity contribution in [3.8, 4) is 11.3 Å². The maximum absolute atomic E-state index is 12.2. The quantitative estimate of drug-likeness (QED) is 0.877. The van der Waals surface area contributed by atoms with Gasteiger partial charge in [0.05, 0.1) is 5.56 Å². The molecule has 0 radical (unpaired) electrons. The van der Waals surface area contributed by atoms with Gasteiger partial charge in [0, 0.05) is 5.56 Å². The molecule has 0 atom stereocenters. The van der Waals surface area contributed by atoms with Crippen molar-refractivity contribution in [2.75, 3.05) is 0 Å². The van der Waals surface area contributed by atoms with Gasteiger partial charge in [-0.1, -0.05) is 12.1 Å². The van der Waals surface area contributed by atoms with Crippen molar-refractivity contribution in [1.29, 1.82) is 0 Å². The molecule has 4 nitrogen and oxygen atoms in total. The molecule has 0 aliphatic rings. The Bertz CT molecular complexity index is 670. The highest BCUT2D eigenvalue weighted by molar-refractivity contribution is 5.98. The van der Waals surface area contributed by atoms with E-state index in [1.807, 2.05) is 0 Å². The van der Waals surface area contributed by atoms with Crippen LogP contribution in [0.25, 0.3) is 11.3 Å². The molecule has 104 valence electrons. The third kappa shape index (κ3) is 2.71. The van der Waals surface area contributed by atoms with Crippen molar-refractivity contribution in [3.05, 3.63) is 47.7 Å². The van der Waals surface area contributed by atoms with E-state index in [0.717, 1.165) is 6.07 Å². The van der Waals surface area contributed by atoms with E-state index in [2.05, 4.69) is 0 Å². The van der Waals surface area contributed by atoms with Crippen molar-refractivity contribution >= 4 is 11.8 Å². The first kappa shape index (κ1) is 13.9. The highest BCUT2D eigenvalue weighted by Crippen LogP contribution is 2.27. The van der Waals surface area contributed by atoms with Crippen LogP contribution in [-0.4, -0.2) is 23.0 Å². The SMILES string of the molecule is O=C(O)c1cccc(-c2ccc(C(=O)C(F)(F)F)o2)c1. The van der Waals surface area contributed by atoms with E-state index in [-0.39, 0.29) is 16.9 Å². The second kappa shape index (κ2) is 4.84. The second-order valence-corrected chi connectivity index (χ2v) is 3.88. The number of furan rings is 1. The van der Waals surface area contributed by atoms with Crippen molar-refractivity contribution in [1.82, 2.24) is 0 Å². The number of halogens is 3. The maximum atomic E-state index is 12.2. The number of rotatable bonds is 3. The topological polar surface area (TPSA) is 67.5 Å². The zero-order valence-electron chi connectivity index (χ0n) is 9.77. The molecule has 0 saturated carbocycles. The van der Waals surface area contributed by atoms with Gasteiger partial charge in [-0.25, -0.2) is 4.79 Å². The second-order valence-electron chi connectivity index (χ2n) is 3.88. The Kier molecular flexibility index (Phi) is 3.35. The van der Waals surface area contributed by atoms with E-state index in [9.17, 15) is 22.8 Å². The molecule has 0 saturated heterocycles. The zero-order chi connectivity index (χ0) is 14.9. The molecule has 0 fully saturated rings. The minimum Gasteiger partial charge on any atom is -0.478 e. The molecular formula is C13H7F3O4. The summed E-state index contributed by atoms with van der Waals surface area (Å²) in [5, 5.41) is 8.82. The molecule has 1 aromatic heterocycles. The Morgan fingerprint density at radius 3 is 2.40 bits per heavy atom. The summed E-state index contributed by atoms with van der Waals surface area (Å²) in [6.07, 6.45) is -5.02. The van der Waals surface area contributed by atoms with Gasteiger partial charge in [-0.05, 0) is 24.3 Å². The van der Waals surface area contributed by atoms with Gasteiger partial charge in [-0.2, -0.15) is 13.2 Å². The summed E-state index contributed by atoms with van der Waals surface area (Å²) in [6.45, 7) is 0. The number of carboxylic acids is 1. The first-order valence-electron chi connectivity index (χ1n) is 5.34. The Morgan fingerprint density at radius 1 is 1.10 bits per heavy atom. The fraction of sp³-hybridized carbons (Fsp3) is 0.0769. The minimum absolute atomic E-state index is 0.0132. The molecular weight excluding hydrogens is 277 g/mol. The molecule has 0 spiro atoms. The number of carboxylic acid groups (broad SMARTS) is 1. The van der Waals surface area contributed by atoms with Gasteiger partial charge in [0.25, 0.3) is 0 Å². The van der Waals surface area contributed by atoms with E-state index in [4.69, 9.17) is 9.52 Å². The number of aromatic carboxylic acids is 1. The van der Waals surface area contributed by atoms with Crippen LogP contribution in [0.4, 0.5) is 13.2 Å². The fourth-order valence-corrected chi connectivity index (χ4v) is 1.56. The number of Topliss-reactive ketones (excluding diaryl/α,β-unsaturated/α-hetero) is 1. The first-order valence-corrected chi connectivity index (χ1v) is 5.34. The fourth-order valence-electron chi connectivity index (χ4n) is 1.56. The number of hydrogen-bond acceptors (Lipinski definition) is 3. The number of alkyl halides is 3. The monoisotopic (exact) mass is 284 g/mol. The lowest BCUT2D eigenvalue weighted by molar-refractivity contribution is -0.0899. The highest BCUT2D eigenvalue weighted by atomic mass is 19.4. The van der Waals surface area contributed by atoms with Gasteiger partial charge in [-0.15, -0.1) is 0 Å². The number of carbonyl (C=O) groups is 2. The van der Waals surface area contributed by atoms with Gasteiger partial charge in [-0.3, -0.25) is 4.79 Å². The Hall–Kier alpha value is -2.57. The zero-order valence-corrected chi connectivity index (χ0v) is 9.77. The van der Waals surface area contributed by atoms with Crippen LogP contribution in [0.2, 0.25) is 0 Å². The summed E-state index contributed by atoms with van der Waals surface area (Å²) in [7, 11) is 0. The van der Waals surface area contributed by atoms with E-state index >= 15 is 0 Å². The summed E-state index contributed by atoms with van der Waals surface area (Å²) in [6, 6.07) is 7.54. The molecule has 2 rings (SSSR count). The molecule has 0 bridgehead atoms. The van der Waals surface area contributed by atoms with Crippen LogP contribution in [0.3, 0.4) is 0 Å². The third-order valence-corrected chi connectivity index (χ3v) is 2.48. The van der Waals surface area contributed by atoms with Gasteiger partial charge in [0.15, 0.2) is 5.76 Å². The van der Waals surface area contributed by atoms with Gasteiger partial charge in [0.1, 0.15) is 5.76 Å². The van der Waals surface area contributed by atoms with Gasteiger partial charge in [0.2, 0.25) is 0 Å². The van der Waals surface area contributed by atoms with E-state index in [1.165, 1.54) is 30.3 Å². The summed E-state index contributed by atoms with van der Waals surface area (Å²) >= 11 is 0. The lowest BCUT2D eigenvalue weighted by Gasteiger charge is -2.02. The van der Waals surface area contributed by atoms with Crippen LogP contribution >= 0.6 is 0 Å². The Balaban J connectivity index is 2.36. The summed E-state index contributed by atoms with van der Waals surface area (Å²) in [5.74, 6) is -4.11. The van der Waals surface area contributed by atoms with Crippen LogP contribution in [0.1, 0.15) is 20.9 Å². The van der Waals surface area contributed by atoms with E-state index in [0.29, 0.717) is 0 Å². The average molecular weight is 284 g/mol. The van der Waals surface area contributed by atoms with Crippen molar-refractivity contribution in [2.24, 2.45) is 0 Å². The first-order chi connectivity index (χ1) is 9.29. The maximum Gasteiger partial charge on any atom is 0.458 e. The van der Waals surface area contributed by atoms with Gasteiger partial charge < -0.3 is 9.52 Å². The highest BCUT2D eigenvalue weighted by Gasteiger charge is 2.41. The standard InChI is InChI=1S/C13H7F3O4/c14-13(15,16)11(17)10-5-4-9(20-10)7-2-1-3-8(6-7)12(18)19/h1-6H,(H,18,19). The normalized spacial score (nSPS) is 11.3. The molecule has 0 aliphatic heterocycles. The summed E-state index contributed by atoms with van der Waals surface area (Å²) < 4.78 is 41.5. The molecule has 1 N–H and O–H groups in total. The van der Waals surface area contributed by atoms with Crippen LogP contribution < -0.4 is 0 Å². The van der Waals surface area contributed by atoms with Crippen LogP contribution in [0, 0.1) is 0 Å². The summed E-state index contributed by atoms with van der Waals surface area (Å²) in [5.41, 5.74) is 0.230. The number of hydrogen-bond donors (Lipinski definition) is 1. The molecule has 1 heterocycles. The minimum atomic E-state index is -5.02. The Morgan fingerprint density at radius 2 is 1.80 bits per heavy atom. The molecule has 1 aromatic carbocycles. The summed E-state index contributed by atoms with van der Waals surface area (Å²) in [4.78, 5) is 21.8. The molecule has 2 aromatic rings. The average Bonchev–Trinajstić information content (AvgIpc) is 2.86. The molecule has 20 heavy (non-hydrogen) atoms. The predicted molar refractivity (Wildman–Crippen MR) is 61.5 cm³/mol.